The number of hydrogen-bond acceptors (Lipinski definition) is 6. The van der Waals surface area contributed by atoms with E-state index in [2.05, 4.69) is 0 Å². The van der Waals surface area contributed by atoms with Crippen molar-refractivity contribution in [3.8, 4) is 17.2 Å². The number of carbonyl (C=O) groups excluding carboxylic acids is 2. The molecule has 0 aliphatic carbocycles. The summed E-state index contributed by atoms with van der Waals surface area (Å²) in [6.45, 7) is 0. The molecule has 0 saturated carbocycles. The topological polar surface area (TPSA) is 110 Å². The predicted molar refractivity (Wildman–Crippen MR) is 84.7 cm³/mol. The number of nitro groups is 1. The van der Waals surface area contributed by atoms with Crippen LogP contribution in [0.2, 0.25) is 0 Å². The lowest BCUT2D eigenvalue weighted by molar-refractivity contribution is -0.385. The standard InChI is InChI=1S/C16H14N2O6/c1-17(2)16(21)10-4-3-5-12(6-10)24-15-7-11(9-19)14(20)8-13(15)18(22)23/h3-9,20H,1-2H3. The van der Waals surface area contributed by atoms with Crippen LogP contribution < -0.4 is 4.74 Å². The molecular weight excluding hydrogens is 316 g/mol. The largest absolute Gasteiger partial charge is 0.507 e. The van der Waals surface area contributed by atoms with Gasteiger partial charge in [-0.15, -0.1) is 0 Å². The maximum Gasteiger partial charge on any atom is 0.315 e. The highest BCUT2D eigenvalue weighted by atomic mass is 16.6. The summed E-state index contributed by atoms with van der Waals surface area (Å²) < 4.78 is 5.46. The summed E-state index contributed by atoms with van der Waals surface area (Å²) in [6.07, 6.45) is 0.359. The Morgan fingerprint density at radius 1 is 1.29 bits per heavy atom. The second-order valence-electron chi connectivity index (χ2n) is 5.08. The normalized spacial score (nSPS) is 10.1. The van der Waals surface area contributed by atoms with Gasteiger partial charge in [-0.2, -0.15) is 0 Å². The van der Waals surface area contributed by atoms with Gasteiger partial charge in [0.05, 0.1) is 16.6 Å². The van der Waals surface area contributed by atoms with Crippen LogP contribution in [-0.4, -0.2) is 41.2 Å². The lowest BCUT2D eigenvalue weighted by Crippen LogP contribution is -2.21. The van der Waals surface area contributed by atoms with E-state index in [1.54, 1.807) is 26.2 Å². The zero-order valence-corrected chi connectivity index (χ0v) is 12.9. The molecule has 0 heterocycles. The minimum Gasteiger partial charge on any atom is -0.507 e. The van der Waals surface area contributed by atoms with Gasteiger partial charge in [0.25, 0.3) is 5.91 Å². The number of aldehydes is 1. The summed E-state index contributed by atoms with van der Waals surface area (Å²) in [7, 11) is 3.19. The van der Waals surface area contributed by atoms with Gasteiger partial charge in [0.15, 0.2) is 6.29 Å². The lowest BCUT2D eigenvalue weighted by Gasteiger charge is -2.12. The quantitative estimate of drug-likeness (QED) is 0.512. The molecule has 124 valence electrons. The Hall–Kier alpha value is -3.42. The van der Waals surface area contributed by atoms with Gasteiger partial charge in [-0.3, -0.25) is 19.7 Å². The van der Waals surface area contributed by atoms with E-state index in [4.69, 9.17) is 4.74 Å². The second-order valence-corrected chi connectivity index (χ2v) is 5.08. The molecule has 0 aliphatic heterocycles. The van der Waals surface area contributed by atoms with E-state index in [9.17, 15) is 24.8 Å². The molecule has 0 spiro atoms. The van der Waals surface area contributed by atoms with E-state index < -0.39 is 16.4 Å². The molecule has 1 amide bonds. The zero-order chi connectivity index (χ0) is 17.9. The Balaban J connectivity index is 2.44. The molecule has 8 nitrogen and oxygen atoms in total. The summed E-state index contributed by atoms with van der Waals surface area (Å²) in [6, 6.07) is 8.01. The predicted octanol–water partition coefficient (Wildman–Crippen LogP) is 2.61. The van der Waals surface area contributed by atoms with Gasteiger partial charge in [0.1, 0.15) is 11.5 Å². The number of carbonyl (C=O) groups is 2. The fourth-order valence-corrected chi connectivity index (χ4v) is 1.97. The Kier molecular flexibility index (Phi) is 4.78. The number of phenolic OH excluding ortho intramolecular Hbond substituents is 1. The second kappa shape index (κ2) is 6.78. The number of aromatic hydroxyl groups is 1. The van der Waals surface area contributed by atoms with Crippen molar-refractivity contribution < 1.29 is 24.4 Å². The number of nitro benzene ring substituents is 1. The minimum absolute atomic E-state index is 0.142. The van der Waals surface area contributed by atoms with Gasteiger partial charge in [-0.05, 0) is 18.2 Å². The van der Waals surface area contributed by atoms with Crippen LogP contribution in [0.5, 0.6) is 17.2 Å². The summed E-state index contributed by atoms with van der Waals surface area (Å²) in [5, 5.41) is 20.7. The van der Waals surface area contributed by atoms with Crippen LogP contribution in [0.4, 0.5) is 5.69 Å². The van der Waals surface area contributed by atoms with Crippen molar-refractivity contribution in [2.75, 3.05) is 14.1 Å². The summed E-state index contributed by atoms with van der Waals surface area (Å²) in [5.41, 5.74) is -0.298. The van der Waals surface area contributed by atoms with Crippen LogP contribution in [0.1, 0.15) is 20.7 Å². The molecule has 2 rings (SSSR count). The van der Waals surface area contributed by atoms with Crippen LogP contribution in [0.15, 0.2) is 36.4 Å². The molecule has 0 bridgehead atoms. The molecule has 2 aromatic carbocycles. The molecule has 1 N–H and O–H groups in total. The third-order valence-corrected chi connectivity index (χ3v) is 3.15. The SMILES string of the molecule is CN(C)C(=O)c1cccc(Oc2cc(C=O)c(O)cc2[N+](=O)[O-])c1. The average Bonchev–Trinajstić information content (AvgIpc) is 2.55. The van der Waals surface area contributed by atoms with E-state index in [-0.39, 0.29) is 23.0 Å². The fraction of sp³-hybridized carbons (Fsp3) is 0.125. The van der Waals surface area contributed by atoms with Gasteiger partial charge >= 0.3 is 5.69 Å². The summed E-state index contributed by atoms with van der Waals surface area (Å²) in [5.74, 6) is -0.794. The Labute approximate surface area is 137 Å². The van der Waals surface area contributed by atoms with Gasteiger partial charge < -0.3 is 14.7 Å². The first-order chi connectivity index (χ1) is 11.3. The lowest BCUT2D eigenvalue weighted by atomic mass is 10.1. The Morgan fingerprint density at radius 3 is 2.58 bits per heavy atom. The molecule has 0 aromatic heterocycles. The van der Waals surface area contributed by atoms with Crippen molar-refractivity contribution in [1.82, 2.24) is 4.90 Å². The maximum absolute atomic E-state index is 12.0. The van der Waals surface area contributed by atoms with Crippen molar-refractivity contribution in [2.45, 2.75) is 0 Å². The minimum atomic E-state index is -0.738. The fourth-order valence-electron chi connectivity index (χ4n) is 1.97. The van der Waals surface area contributed by atoms with E-state index in [1.165, 1.54) is 17.0 Å². The number of benzene rings is 2. The number of rotatable bonds is 5. The first kappa shape index (κ1) is 16.9. The molecule has 24 heavy (non-hydrogen) atoms. The van der Waals surface area contributed by atoms with E-state index in [0.717, 1.165) is 12.1 Å². The number of phenols is 1. The number of hydrogen-bond donors (Lipinski definition) is 1. The van der Waals surface area contributed by atoms with Crippen LogP contribution >= 0.6 is 0 Å². The monoisotopic (exact) mass is 330 g/mol. The third kappa shape index (κ3) is 3.49. The first-order valence-electron chi connectivity index (χ1n) is 6.79. The molecule has 0 saturated heterocycles. The third-order valence-electron chi connectivity index (χ3n) is 3.15. The average molecular weight is 330 g/mol. The smallest absolute Gasteiger partial charge is 0.315 e. The number of ether oxygens (including phenoxy) is 1. The molecule has 0 fully saturated rings. The number of amides is 1. The first-order valence-corrected chi connectivity index (χ1v) is 6.79. The van der Waals surface area contributed by atoms with Crippen molar-refractivity contribution >= 4 is 17.9 Å². The molecule has 0 unspecified atom stereocenters. The van der Waals surface area contributed by atoms with Crippen LogP contribution in [0.3, 0.4) is 0 Å². The van der Waals surface area contributed by atoms with Crippen LogP contribution in [-0.2, 0) is 0 Å². The van der Waals surface area contributed by atoms with Crippen molar-refractivity contribution in [3.05, 3.63) is 57.6 Å². The van der Waals surface area contributed by atoms with E-state index in [0.29, 0.717) is 11.8 Å². The highest BCUT2D eigenvalue weighted by Crippen LogP contribution is 2.36. The van der Waals surface area contributed by atoms with E-state index >= 15 is 0 Å². The summed E-state index contributed by atoms with van der Waals surface area (Å²) in [4.78, 5) is 34.6. The number of nitrogens with zero attached hydrogens (tertiary/aromatic N) is 2. The van der Waals surface area contributed by atoms with Gasteiger partial charge in [0, 0.05) is 25.7 Å². The molecule has 0 atom stereocenters. The molecule has 2 aromatic rings. The molecule has 0 aliphatic rings. The Bertz CT molecular complexity index is 816. The Morgan fingerprint density at radius 2 is 2.00 bits per heavy atom. The maximum atomic E-state index is 12.0. The van der Waals surface area contributed by atoms with Gasteiger partial charge in [-0.25, -0.2) is 0 Å². The van der Waals surface area contributed by atoms with Crippen LogP contribution in [0.25, 0.3) is 0 Å². The van der Waals surface area contributed by atoms with E-state index in [1.807, 2.05) is 0 Å². The molecular formula is C16H14N2O6. The van der Waals surface area contributed by atoms with Gasteiger partial charge in [-0.1, -0.05) is 6.07 Å². The van der Waals surface area contributed by atoms with Crippen molar-refractivity contribution in [2.24, 2.45) is 0 Å². The van der Waals surface area contributed by atoms with Crippen molar-refractivity contribution in [1.29, 1.82) is 0 Å². The highest BCUT2D eigenvalue weighted by molar-refractivity contribution is 5.94. The zero-order valence-electron chi connectivity index (χ0n) is 12.9. The van der Waals surface area contributed by atoms with Crippen LogP contribution in [0, 0.1) is 10.1 Å². The summed E-state index contributed by atoms with van der Waals surface area (Å²) >= 11 is 0. The molecule has 0 radical (unpaired) electrons. The van der Waals surface area contributed by atoms with Gasteiger partial charge in [0.2, 0.25) is 5.75 Å². The highest BCUT2D eigenvalue weighted by Gasteiger charge is 2.20. The molecule has 8 heteroatoms. The van der Waals surface area contributed by atoms with Crippen molar-refractivity contribution in [3.63, 3.8) is 0 Å².